The van der Waals surface area contributed by atoms with Crippen LogP contribution in [0, 0.1) is 0 Å². The molecular formula is C17H18N2O. The second-order valence-electron chi connectivity index (χ2n) is 5.05. The van der Waals surface area contributed by atoms with E-state index in [4.69, 9.17) is 4.42 Å². The first-order valence-electron chi connectivity index (χ1n) is 6.70. The molecule has 1 aromatic heterocycles. The van der Waals surface area contributed by atoms with Gasteiger partial charge in [-0.3, -0.25) is 0 Å². The zero-order chi connectivity index (χ0) is 13.9. The van der Waals surface area contributed by atoms with Gasteiger partial charge in [0.1, 0.15) is 5.58 Å². The number of hydrogen-bond acceptors (Lipinski definition) is 3. The molecule has 1 N–H and O–H groups in total. The molecule has 0 aliphatic carbocycles. The fourth-order valence-corrected chi connectivity index (χ4v) is 2.24. The Bertz CT molecular complexity index is 698. The van der Waals surface area contributed by atoms with Crippen LogP contribution in [0.1, 0.15) is 5.56 Å². The van der Waals surface area contributed by atoms with E-state index in [9.17, 15) is 0 Å². The Balaban J connectivity index is 1.73. The summed E-state index contributed by atoms with van der Waals surface area (Å²) in [7, 11) is 4.08. The van der Waals surface area contributed by atoms with E-state index in [1.54, 1.807) is 0 Å². The highest BCUT2D eigenvalue weighted by molar-refractivity contribution is 5.81. The van der Waals surface area contributed by atoms with Gasteiger partial charge < -0.3 is 14.6 Å². The summed E-state index contributed by atoms with van der Waals surface area (Å²) in [4.78, 5) is 2.09. The number of hydrogen-bond donors (Lipinski definition) is 1. The first-order chi connectivity index (χ1) is 9.74. The van der Waals surface area contributed by atoms with Crippen molar-refractivity contribution in [3.05, 3.63) is 60.4 Å². The number of benzene rings is 2. The highest BCUT2D eigenvalue weighted by Crippen LogP contribution is 2.22. The summed E-state index contributed by atoms with van der Waals surface area (Å²) in [5, 5.41) is 4.60. The molecule has 3 rings (SSSR count). The largest absolute Gasteiger partial charge is 0.464 e. The van der Waals surface area contributed by atoms with Crippen molar-refractivity contribution >= 4 is 22.3 Å². The number of nitrogens with one attached hydrogen (secondary N) is 1. The lowest BCUT2D eigenvalue weighted by Crippen LogP contribution is -2.08. The third-order valence-electron chi connectivity index (χ3n) is 3.43. The smallest absolute Gasteiger partial charge is 0.134 e. The van der Waals surface area contributed by atoms with Gasteiger partial charge in [0, 0.05) is 43.0 Å². The standard InChI is InChI=1S/C17H18N2O/c1-19(2)15-9-7-14(8-10-15)18-11-13-12-20-17-6-4-3-5-16(13)17/h3-10,12,18H,11H2,1-2H3. The van der Waals surface area contributed by atoms with Gasteiger partial charge in [-0.1, -0.05) is 18.2 Å². The van der Waals surface area contributed by atoms with Gasteiger partial charge in [0.15, 0.2) is 0 Å². The van der Waals surface area contributed by atoms with Crippen molar-refractivity contribution < 1.29 is 4.42 Å². The predicted molar refractivity (Wildman–Crippen MR) is 84.3 cm³/mol. The van der Waals surface area contributed by atoms with Gasteiger partial charge in [-0.25, -0.2) is 0 Å². The summed E-state index contributed by atoms with van der Waals surface area (Å²) < 4.78 is 5.54. The monoisotopic (exact) mass is 266 g/mol. The highest BCUT2D eigenvalue weighted by Gasteiger charge is 2.04. The van der Waals surface area contributed by atoms with Gasteiger partial charge in [0.2, 0.25) is 0 Å². The van der Waals surface area contributed by atoms with Gasteiger partial charge in [-0.15, -0.1) is 0 Å². The van der Waals surface area contributed by atoms with Crippen molar-refractivity contribution in [2.45, 2.75) is 6.54 Å². The van der Waals surface area contributed by atoms with E-state index in [1.165, 1.54) is 16.6 Å². The molecule has 0 amide bonds. The molecule has 20 heavy (non-hydrogen) atoms. The van der Waals surface area contributed by atoms with E-state index in [0.717, 1.165) is 17.8 Å². The van der Waals surface area contributed by atoms with Crippen LogP contribution in [0.3, 0.4) is 0 Å². The van der Waals surface area contributed by atoms with Crippen LogP contribution >= 0.6 is 0 Å². The Morgan fingerprint density at radius 2 is 1.75 bits per heavy atom. The van der Waals surface area contributed by atoms with Crippen LogP contribution in [0.5, 0.6) is 0 Å². The molecule has 2 aromatic carbocycles. The Hall–Kier alpha value is -2.42. The number of fused-ring (bicyclic) bond motifs is 1. The highest BCUT2D eigenvalue weighted by atomic mass is 16.3. The summed E-state index contributed by atoms with van der Waals surface area (Å²) in [5.41, 5.74) is 4.43. The molecule has 102 valence electrons. The van der Waals surface area contributed by atoms with E-state index in [1.807, 2.05) is 38.6 Å². The minimum absolute atomic E-state index is 0.762. The summed E-state index contributed by atoms with van der Waals surface area (Å²) in [5.74, 6) is 0. The number of furan rings is 1. The number of anilines is 2. The summed E-state index contributed by atoms with van der Waals surface area (Å²) >= 11 is 0. The predicted octanol–water partition coefficient (Wildman–Crippen LogP) is 4.11. The molecule has 0 saturated heterocycles. The maximum Gasteiger partial charge on any atom is 0.134 e. The molecule has 0 atom stereocenters. The topological polar surface area (TPSA) is 28.4 Å². The molecule has 3 aromatic rings. The molecule has 3 nitrogen and oxygen atoms in total. The van der Waals surface area contributed by atoms with E-state index in [-0.39, 0.29) is 0 Å². The average Bonchev–Trinajstić information content (AvgIpc) is 2.89. The van der Waals surface area contributed by atoms with Crippen LogP contribution in [0.2, 0.25) is 0 Å². The lowest BCUT2D eigenvalue weighted by atomic mass is 10.2. The van der Waals surface area contributed by atoms with Crippen LogP contribution in [-0.4, -0.2) is 14.1 Å². The minimum atomic E-state index is 0.762. The fourth-order valence-electron chi connectivity index (χ4n) is 2.24. The molecular weight excluding hydrogens is 248 g/mol. The average molecular weight is 266 g/mol. The molecule has 0 unspecified atom stereocenters. The fraction of sp³-hybridized carbons (Fsp3) is 0.176. The normalized spacial score (nSPS) is 10.7. The van der Waals surface area contributed by atoms with Crippen molar-refractivity contribution in [3.63, 3.8) is 0 Å². The molecule has 0 saturated carbocycles. The summed E-state index contributed by atoms with van der Waals surface area (Å²) in [6.45, 7) is 0.762. The van der Waals surface area contributed by atoms with Gasteiger partial charge in [0.25, 0.3) is 0 Å². The van der Waals surface area contributed by atoms with Gasteiger partial charge in [0.05, 0.1) is 6.26 Å². The van der Waals surface area contributed by atoms with Crippen molar-refractivity contribution in [3.8, 4) is 0 Å². The number of rotatable bonds is 4. The Morgan fingerprint density at radius 1 is 1.00 bits per heavy atom. The molecule has 0 aliphatic heterocycles. The lowest BCUT2D eigenvalue weighted by molar-refractivity contribution is 0.611. The maximum absolute atomic E-state index is 5.54. The van der Waals surface area contributed by atoms with Crippen molar-refractivity contribution in [2.75, 3.05) is 24.3 Å². The second kappa shape index (κ2) is 5.29. The van der Waals surface area contributed by atoms with Crippen molar-refractivity contribution in [1.82, 2.24) is 0 Å². The summed E-state index contributed by atoms with van der Waals surface area (Å²) in [6, 6.07) is 16.5. The Kier molecular flexibility index (Phi) is 3.33. The Labute approximate surface area is 118 Å². The maximum atomic E-state index is 5.54. The third kappa shape index (κ3) is 2.48. The van der Waals surface area contributed by atoms with E-state index in [2.05, 4.69) is 40.5 Å². The lowest BCUT2D eigenvalue weighted by Gasteiger charge is -2.13. The van der Waals surface area contributed by atoms with Crippen LogP contribution < -0.4 is 10.2 Å². The molecule has 0 radical (unpaired) electrons. The van der Waals surface area contributed by atoms with E-state index < -0.39 is 0 Å². The van der Waals surface area contributed by atoms with E-state index in [0.29, 0.717) is 0 Å². The first-order valence-corrected chi connectivity index (χ1v) is 6.70. The van der Waals surface area contributed by atoms with Crippen LogP contribution in [0.15, 0.2) is 59.2 Å². The molecule has 1 heterocycles. The zero-order valence-corrected chi connectivity index (χ0v) is 11.8. The van der Waals surface area contributed by atoms with E-state index >= 15 is 0 Å². The first kappa shape index (κ1) is 12.6. The molecule has 0 fully saturated rings. The van der Waals surface area contributed by atoms with Crippen LogP contribution in [0.25, 0.3) is 11.0 Å². The third-order valence-corrected chi connectivity index (χ3v) is 3.43. The van der Waals surface area contributed by atoms with Gasteiger partial charge >= 0.3 is 0 Å². The summed E-state index contributed by atoms with van der Waals surface area (Å²) in [6.07, 6.45) is 1.83. The van der Waals surface area contributed by atoms with Crippen molar-refractivity contribution in [2.24, 2.45) is 0 Å². The molecule has 3 heteroatoms. The van der Waals surface area contributed by atoms with Gasteiger partial charge in [-0.2, -0.15) is 0 Å². The van der Waals surface area contributed by atoms with Gasteiger partial charge in [-0.05, 0) is 30.3 Å². The van der Waals surface area contributed by atoms with Crippen LogP contribution in [0.4, 0.5) is 11.4 Å². The zero-order valence-electron chi connectivity index (χ0n) is 11.8. The number of para-hydroxylation sites is 1. The SMILES string of the molecule is CN(C)c1ccc(NCc2coc3ccccc23)cc1. The number of nitrogens with zero attached hydrogens (tertiary/aromatic N) is 1. The van der Waals surface area contributed by atoms with Crippen LogP contribution in [-0.2, 0) is 6.54 Å². The Morgan fingerprint density at radius 3 is 2.50 bits per heavy atom. The quantitative estimate of drug-likeness (QED) is 0.770. The minimum Gasteiger partial charge on any atom is -0.464 e. The second-order valence-corrected chi connectivity index (χ2v) is 5.05. The molecule has 0 bridgehead atoms. The van der Waals surface area contributed by atoms with Crippen molar-refractivity contribution in [1.29, 1.82) is 0 Å². The molecule has 0 spiro atoms. The molecule has 0 aliphatic rings.